The summed E-state index contributed by atoms with van der Waals surface area (Å²) in [7, 11) is 0. The fraction of sp³-hybridized carbons (Fsp3) is 0.143. The van der Waals surface area contributed by atoms with Gasteiger partial charge in [0.2, 0.25) is 11.8 Å². The third-order valence-electron chi connectivity index (χ3n) is 4.16. The maximum Gasteiger partial charge on any atom is 0.248 e. The topological polar surface area (TPSA) is 84.0 Å². The molecule has 0 bridgehead atoms. The van der Waals surface area contributed by atoms with Crippen molar-refractivity contribution in [2.75, 3.05) is 10.6 Å². The van der Waals surface area contributed by atoms with Gasteiger partial charge in [0.1, 0.15) is 5.82 Å². The third kappa shape index (κ3) is 4.69. The number of thiazole rings is 1. The van der Waals surface area contributed by atoms with Crippen molar-refractivity contribution in [3.8, 4) is 11.1 Å². The van der Waals surface area contributed by atoms with Crippen molar-refractivity contribution >= 4 is 34.1 Å². The molecule has 1 unspecified atom stereocenters. The van der Waals surface area contributed by atoms with Gasteiger partial charge in [-0.2, -0.15) is 0 Å². The van der Waals surface area contributed by atoms with E-state index in [9.17, 15) is 9.59 Å². The number of nitrogens with zero attached hydrogens (tertiary/aromatic N) is 2. The highest BCUT2D eigenvalue weighted by molar-refractivity contribution is 7.15. The standard InChI is InChI=1S/C21H20N4O2S/c1-4-19(26)24-18-9-8-17(12-22-18)16-7-5-6-15(10-16)14(3)20(27)25-21-23-11-13(2)28-21/h4-12,14H,1H2,2-3H3,(H,22,24,26)(H,23,25,27). The van der Waals surface area contributed by atoms with Gasteiger partial charge in [0.25, 0.3) is 0 Å². The molecule has 2 amide bonds. The zero-order valence-corrected chi connectivity index (χ0v) is 16.4. The first-order chi connectivity index (χ1) is 13.5. The molecule has 0 saturated heterocycles. The maximum atomic E-state index is 12.5. The van der Waals surface area contributed by atoms with Crippen LogP contribution in [0.25, 0.3) is 11.1 Å². The van der Waals surface area contributed by atoms with Crippen LogP contribution in [0.3, 0.4) is 0 Å². The van der Waals surface area contributed by atoms with Crippen molar-refractivity contribution in [1.82, 2.24) is 9.97 Å². The van der Waals surface area contributed by atoms with Crippen molar-refractivity contribution in [1.29, 1.82) is 0 Å². The smallest absolute Gasteiger partial charge is 0.248 e. The lowest BCUT2D eigenvalue weighted by Gasteiger charge is -2.13. The van der Waals surface area contributed by atoms with E-state index in [2.05, 4.69) is 27.2 Å². The quantitative estimate of drug-likeness (QED) is 0.610. The molecule has 0 fully saturated rings. The van der Waals surface area contributed by atoms with Crippen LogP contribution in [0.2, 0.25) is 0 Å². The Balaban J connectivity index is 1.75. The van der Waals surface area contributed by atoms with Gasteiger partial charge in [-0.05, 0) is 43.2 Å². The fourth-order valence-electron chi connectivity index (χ4n) is 2.58. The Morgan fingerprint density at radius 2 is 1.93 bits per heavy atom. The number of nitrogens with one attached hydrogen (secondary N) is 2. The monoisotopic (exact) mass is 392 g/mol. The van der Waals surface area contributed by atoms with Crippen molar-refractivity contribution in [3.63, 3.8) is 0 Å². The maximum absolute atomic E-state index is 12.5. The van der Waals surface area contributed by atoms with Gasteiger partial charge in [0.05, 0.1) is 5.92 Å². The van der Waals surface area contributed by atoms with Gasteiger partial charge in [0, 0.05) is 22.8 Å². The molecule has 0 spiro atoms. The van der Waals surface area contributed by atoms with Crippen LogP contribution >= 0.6 is 11.3 Å². The highest BCUT2D eigenvalue weighted by Gasteiger charge is 2.17. The Labute approximate surface area is 167 Å². The molecule has 1 aromatic carbocycles. The lowest BCUT2D eigenvalue weighted by Crippen LogP contribution is -2.18. The molecule has 2 aromatic heterocycles. The minimum atomic E-state index is -0.330. The van der Waals surface area contributed by atoms with Crippen molar-refractivity contribution in [2.24, 2.45) is 0 Å². The largest absolute Gasteiger partial charge is 0.307 e. The Morgan fingerprint density at radius 3 is 2.57 bits per heavy atom. The second-order valence-electron chi connectivity index (χ2n) is 6.24. The van der Waals surface area contributed by atoms with Gasteiger partial charge < -0.3 is 10.6 Å². The van der Waals surface area contributed by atoms with Gasteiger partial charge in [0.15, 0.2) is 5.13 Å². The molecule has 142 valence electrons. The average Bonchev–Trinajstić information content (AvgIpc) is 3.12. The van der Waals surface area contributed by atoms with Crippen LogP contribution in [0.15, 0.2) is 61.4 Å². The number of anilines is 2. The second-order valence-corrected chi connectivity index (χ2v) is 7.47. The van der Waals surface area contributed by atoms with E-state index in [0.29, 0.717) is 10.9 Å². The van der Waals surface area contributed by atoms with Crippen LogP contribution in [-0.4, -0.2) is 21.8 Å². The molecule has 0 aliphatic carbocycles. The summed E-state index contributed by atoms with van der Waals surface area (Å²) in [5.74, 6) is -0.288. The molecule has 1 atom stereocenters. The number of hydrogen-bond donors (Lipinski definition) is 2. The Bertz CT molecular complexity index is 1010. The van der Waals surface area contributed by atoms with E-state index >= 15 is 0 Å². The van der Waals surface area contributed by atoms with Crippen LogP contribution < -0.4 is 10.6 Å². The number of aryl methyl sites for hydroxylation is 1. The highest BCUT2D eigenvalue weighted by Crippen LogP contribution is 2.26. The molecule has 3 aromatic rings. The predicted molar refractivity (Wildman–Crippen MR) is 112 cm³/mol. The van der Waals surface area contributed by atoms with E-state index in [4.69, 9.17) is 0 Å². The van der Waals surface area contributed by atoms with E-state index in [1.165, 1.54) is 17.4 Å². The van der Waals surface area contributed by atoms with Crippen LogP contribution in [-0.2, 0) is 9.59 Å². The number of benzene rings is 1. The summed E-state index contributed by atoms with van der Waals surface area (Å²) in [5, 5.41) is 6.08. The van der Waals surface area contributed by atoms with Crippen LogP contribution in [0.4, 0.5) is 10.9 Å². The fourth-order valence-corrected chi connectivity index (χ4v) is 3.25. The van der Waals surface area contributed by atoms with E-state index < -0.39 is 0 Å². The average molecular weight is 392 g/mol. The molecule has 0 aliphatic heterocycles. The molecular weight excluding hydrogens is 372 g/mol. The third-order valence-corrected chi connectivity index (χ3v) is 4.99. The van der Waals surface area contributed by atoms with E-state index in [-0.39, 0.29) is 17.7 Å². The van der Waals surface area contributed by atoms with Crippen LogP contribution in [0, 0.1) is 6.92 Å². The van der Waals surface area contributed by atoms with Gasteiger partial charge in [-0.1, -0.05) is 30.8 Å². The predicted octanol–water partition coefficient (Wildman–Crippen LogP) is 4.38. The highest BCUT2D eigenvalue weighted by atomic mass is 32.1. The first kappa shape index (κ1) is 19.4. The second kappa shape index (κ2) is 8.58. The number of pyridine rings is 1. The molecule has 0 saturated carbocycles. The summed E-state index contributed by atoms with van der Waals surface area (Å²) in [4.78, 5) is 33.3. The number of hydrogen-bond acceptors (Lipinski definition) is 5. The lowest BCUT2D eigenvalue weighted by molar-refractivity contribution is -0.117. The van der Waals surface area contributed by atoms with Gasteiger partial charge in [-0.3, -0.25) is 9.59 Å². The summed E-state index contributed by atoms with van der Waals surface area (Å²) < 4.78 is 0. The summed E-state index contributed by atoms with van der Waals surface area (Å²) in [6, 6.07) is 11.4. The Hall–Kier alpha value is -3.32. The molecule has 0 aliphatic rings. The van der Waals surface area contributed by atoms with E-state index in [1.807, 2.05) is 44.2 Å². The van der Waals surface area contributed by atoms with Crippen molar-refractivity contribution < 1.29 is 9.59 Å². The Morgan fingerprint density at radius 1 is 1.11 bits per heavy atom. The van der Waals surface area contributed by atoms with Crippen molar-refractivity contribution in [2.45, 2.75) is 19.8 Å². The van der Waals surface area contributed by atoms with E-state index in [0.717, 1.165) is 21.6 Å². The number of carbonyl (C=O) groups is 2. The zero-order chi connectivity index (χ0) is 20.1. The Kier molecular flexibility index (Phi) is 5.96. The zero-order valence-electron chi connectivity index (χ0n) is 15.6. The first-order valence-electron chi connectivity index (χ1n) is 8.69. The molecule has 3 rings (SSSR count). The van der Waals surface area contributed by atoms with Gasteiger partial charge in [-0.15, -0.1) is 11.3 Å². The number of amides is 2. The molecule has 7 heteroatoms. The molecule has 2 N–H and O–H groups in total. The number of carbonyl (C=O) groups excluding carboxylic acids is 2. The van der Waals surface area contributed by atoms with Crippen LogP contribution in [0.1, 0.15) is 23.3 Å². The summed E-state index contributed by atoms with van der Waals surface area (Å²) in [5.41, 5.74) is 2.73. The summed E-state index contributed by atoms with van der Waals surface area (Å²) in [6.07, 6.45) is 4.61. The minimum Gasteiger partial charge on any atom is -0.307 e. The first-order valence-corrected chi connectivity index (χ1v) is 9.51. The SMILES string of the molecule is C=CC(=O)Nc1ccc(-c2cccc(C(C)C(=O)Nc3ncc(C)s3)c2)cn1. The molecule has 0 radical (unpaired) electrons. The number of rotatable bonds is 6. The number of aromatic nitrogens is 2. The molecule has 6 nitrogen and oxygen atoms in total. The molecule has 28 heavy (non-hydrogen) atoms. The van der Waals surface area contributed by atoms with Crippen molar-refractivity contribution in [3.05, 3.63) is 71.9 Å². The summed E-state index contributed by atoms with van der Waals surface area (Å²) in [6.45, 7) is 7.22. The summed E-state index contributed by atoms with van der Waals surface area (Å²) >= 11 is 1.45. The lowest BCUT2D eigenvalue weighted by atomic mass is 9.96. The van der Waals surface area contributed by atoms with Gasteiger partial charge in [-0.25, -0.2) is 9.97 Å². The normalized spacial score (nSPS) is 11.5. The van der Waals surface area contributed by atoms with Gasteiger partial charge >= 0.3 is 0 Å². The molecule has 2 heterocycles. The van der Waals surface area contributed by atoms with E-state index in [1.54, 1.807) is 18.5 Å². The molecular formula is C21H20N4O2S. The van der Waals surface area contributed by atoms with Crippen LogP contribution in [0.5, 0.6) is 0 Å². The minimum absolute atomic E-state index is 0.105.